The first-order chi connectivity index (χ1) is 13.9. The highest BCUT2D eigenvalue weighted by molar-refractivity contribution is 7.91. The number of carbonyl (C=O) groups excluding carboxylic acids is 2. The molecule has 0 bridgehead atoms. The van der Waals surface area contributed by atoms with E-state index >= 15 is 0 Å². The topological polar surface area (TPSA) is 105 Å². The molecule has 1 aliphatic rings. The lowest BCUT2D eigenvalue weighted by Gasteiger charge is -2.34. The summed E-state index contributed by atoms with van der Waals surface area (Å²) in [6, 6.07) is 10.7. The summed E-state index contributed by atoms with van der Waals surface area (Å²) in [6.07, 6.45) is -0.296. The van der Waals surface area contributed by atoms with Crippen molar-refractivity contribution in [2.45, 2.75) is 30.3 Å². The van der Waals surface area contributed by atoms with E-state index < -0.39 is 28.1 Å². The molecule has 0 aliphatic carbocycles. The zero-order valence-corrected chi connectivity index (χ0v) is 17.6. The second-order valence-corrected chi connectivity index (χ2v) is 9.61. The van der Waals surface area contributed by atoms with Crippen LogP contribution in [0.5, 0.6) is 0 Å². The molecule has 0 spiro atoms. The molecule has 0 radical (unpaired) electrons. The van der Waals surface area contributed by atoms with Crippen LogP contribution in [0.15, 0.2) is 46.0 Å². The first-order valence-electron chi connectivity index (χ1n) is 9.17. The number of benzene rings is 1. The van der Waals surface area contributed by atoms with Crippen molar-refractivity contribution in [3.63, 3.8) is 0 Å². The Kier molecular flexibility index (Phi) is 7.01. The Hall–Kier alpha value is -2.27. The Bertz CT molecular complexity index is 960. The highest BCUT2D eigenvalue weighted by atomic mass is 32.2. The van der Waals surface area contributed by atoms with Crippen LogP contribution < -0.4 is 10.6 Å². The summed E-state index contributed by atoms with van der Waals surface area (Å²) in [5.74, 6) is -1.61. The van der Waals surface area contributed by atoms with Crippen molar-refractivity contribution in [3.05, 3.63) is 52.9 Å². The van der Waals surface area contributed by atoms with E-state index in [1.54, 1.807) is 11.4 Å². The van der Waals surface area contributed by atoms with Crippen molar-refractivity contribution in [1.29, 1.82) is 0 Å². The molecule has 1 saturated heterocycles. The molecule has 29 heavy (non-hydrogen) atoms. The van der Waals surface area contributed by atoms with Gasteiger partial charge in [0.05, 0.1) is 13.2 Å². The molecule has 2 N–H and O–H groups in total. The number of thiophene rings is 1. The van der Waals surface area contributed by atoms with Gasteiger partial charge in [-0.2, -0.15) is 4.31 Å². The van der Waals surface area contributed by atoms with Gasteiger partial charge in [-0.3, -0.25) is 9.59 Å². The summed E-state index contributed by atoms with van der Waals surface area (Å²) in [5, 5.41) is 6.73. The molecule has 1 unspecified atom stereocenters. The van der Waals surface area contributed by atoms with Crippen LogP contribution in [0.2, 0.25) is 0 Å². The van der Waals surface area contributed by atoms with Gasteiger partial charge in [-0.25, -0.2) is 8.42 Å². The Balaban J connectivity index is 1.56. The lowest BCUT2D eigenvalue weighted by atomic mass is 10.1. The number of sulfonamides is 1. The van der Waals surface area contributed by atoms with Crippen molar-refractivity contribution in [1.82, 2.24) is 14.9 Å². The van der Waals surface area contributed by atoms with Crippen LogP contribution in [0.25, 0.3) is 0 Å². The largest absolute Gasteiger partial charge is 0.360 e. The van der Waals surface area contributed by atoms with Crippen molar-refractivity contribution >= 4 is 33.2 Å². The Morgan fingerprint density at radius 2 is 1.93 bits per heavy atom. The Morgan fingerprint density at radius 1 is 1.17 bits per heavy atom. The summed E-state index contributed by atoms with van der Waals surface area (Å²) >= 11 is 1.12. The van der Waals surface area contributed by atoms with E-state index in [2.05, 4.69) is 10.6 Å². The number of hydrogen-bond acceptors (Lipinski definition) is 6. The first-order valence-corrected chi connectivity index (χ1v) is 11.5. The maximum Gasteiger partial charge on any atom is 0.309 e. The summed E-state index contributed by atoms with van der Waals surface area (Å²) in [5.41, 5.74) is 1.93. The second kappa shape index (κ2) is 9.49. The van der Waals surface area contributed by atoms with E-state index in [-0.39, 0.29) is 17.3 Å². The van der Waals surface area contributed by atoms with Gasteiger partial charge < -0.3 is 15.4 Å². The Labute approximate surface area is 173 Å². The number of amides is 2. The number of nitrogens with zero attached hydrogens (tertiary/aromatic N) is 1. The molecular formula is C19H23N3O5S2. The monoisotopic (exact) mass is 437 g/mol. The number of ether oxygens (including phenoxy) is 1. The summed E-state index contributed by atoms with van der Waals surface area (Å²) in [4.78, 5) is 24.2. The van der Waals surface area contributed by atoms with Gasteiger partial charge in [0.1, 0.15) is 10.4 Å². The van der Waals surface area contributed by atoms with Gasteiger partial charge in [-0.1, -0.05) is 30.3 Å². The average molecular weight is 438 g/mol. The van der Waals surface area contributed by atoms with E-state index in [0.29, 0.717) is 19.6 Å². The Morgan fingerprint density at radius 3 is 2.66 bits per heavy atom. The molecule has 1 atom stereocenters. The average Bonchev–Trinajstić information content (AvgIpc) is 3.27. The minimum atomic E-state index is -3.71. The van der Waals surface area contributed by atoms with Crippen LogP contribution in [0.3, 0.4) is 0 Å². The molecule has 156 valence electrons. The number of rotatable bonds is 6. The van der Waals surface area contributed by atoms with Gasteiger partial charge in [0.25, 0.3) is 10.0 Å². The van der Waals surface area contributed by atoms with E-state index in [1.807, 2.05) is 31.2 Å². The molecule has 2 amide bonds. The smallest absolute Gasteiger partial charge is 0.309 e. The molecule has 10 heteroatoms. The standard InChI is InChI=1S/C19H23N3O5S2/c1-14-6-2-3-7-15(14)12-20-18(23)19(24)21-13-16-22(9-5-10-27-16)29(25,26)17-8-4-11-28-17/h2-4,6-8,11,16H,5,9-10,12-13H2,1H3,(H,20,23)(H,21,24). The lowest BCUT2D eigenvalue weighted by molar-refractivity contribution is -0.140. The van der Waals surface area contributed by atoms with E-state index in [1.165, 1.54) is 10.4 Å². The van der Waals surface area contributed by atoms with E-state index in [9.17, 15) is 18.0 Å². The number of aryl methyl sites for hydroxylation is 1. The molecule has 1 aromatic carbocycles. The molecule has 2 aromatic rings. The fourth-order valence-corrected chi connectivity index (χ4v) is 5.64. The van der Waals surface area contributed by atoms with Crippen molar-refractivity contribution in [3.8, 4) is 0 Å². The van der Waals surface area contributed by atoms with Gasteiger partial charge >= 0.3 is 11.8 Å². The third-order valence-electron chi connectivity index (χ3n) is 4.56. The third-order valence-corrected chi connectivity index (χ3v) is 7.82. The van der Waals surface area contributed by atoms with Crippen LogP contribution in [-0.4, -0.2) is 50.5 Å². The number of hydrogen-bond donors (Lipinski definition) is 2. The highest BCUT2D eigenvalue weighted by Gasteiger charge is 2.35. The normalized spacial score (nSPS) is 17.6. The van der Waals surface area contributed by atoms with Gasteiger partial charge in [0, 0.05) is 13.1 Å². The molecule has 0 saturated carbocycles. The molecule has 2 heterocycles. The zero-order chi connectivity index (χ0) is 20.9. The van der Waals surface area contributed by atoms with Gasteiger partial charge in [0.2, 0.25) is 0 Å². The van der Waals surface area contributed by atoms with Gasteiger partial charge in [-0.05, 0) is 35.9 Å². The summed E-state index contributed by atoms with van der Waals surface area (Å²) in [7, 11) is -3.71. The maximum absolute atomic E-state index is 12.8. The zero-order valence-electron chi connectivity index (χ0n) is 16.0. The number of carbonyl (C=O) groups is 2. The number of nitrogens with one attached hydrogen (secondary N) is 2. The van der Waals surface area contributed by atoms with E-state index in [4.69, 9.17) is 4.74 Å². The summed E-state index contributed by atoms with van der Waals surface area (Å²) < 4.78 is 32.6. The fraction of sp³-hybridized carbons (Fsp3) is 0.368. The lowest BCUT2D eigenvalue weighted by Crippen LogP contribution is -2.52. The van der Waals surface area contributed by atoms with E-state index in [0.717, 1.165) is 22.5 Å². The fourth-order valence-electron chi connectivity index (χ4n) is 2.95. The van der Waals surface area contributed by atoms with Gasteiger partial charge in [0.15, 0.2) is 0 Å². The van der Waals surface area contributed by atoms with Crippen LogP contribution in [0.4, 0.5) is 0 Å². The molecular weight excluding hydrogens is 414 g/mol. The molecule has 1 aliphatic heterocycles. The minimum Gasteiger partial charge on any atom is -0.360 e. The van der Waals surface area contributed by atoms with Crippen molar-refractivity contribution in [2.75, 3.05) is 19.7 Å². The van der Waals surface area contributed by atoms with Gasteiger partial charge in [-0.15, -0.1) is 11.3 Å². The van der Waals surface area contributed by atoms with Crippen LogP contribution >= 0.6 is 11.3 Å². The van der Waals surface area contributed by atoms with Crippen LogP contribution in [0, 0.1) is 6.92 Å². The highest BCUT2D eigenvalue weighted by Crippen LogP contribution is 2.25. The first kappa shape index (κ1) is 21.4. The SMILES string of the molecule is Cc1ccccc1CNC(=O)C(=O)NCC1OCCCN1S(=O)(=O)c1cccs1. The minimum absolute atomic E-state index is 0.110. The predicted molar refractivity (Wildman–Crippen MR) is 109 cm³/mol. The molecule has 1 fully saturated rings. The molecule has 8 nitrogen and oxygen atoms in total. The summed E-state index contributed by atoms with van der Waals surface area (Å²) in [6.45, 7) is 2.72. The van der Waals surface area contributed by atoms with Crippen molar-refractivity contribution in [2.24, 2.45) is 0 Å². The quantitative estimate of drug-likeness (QED) is 0.662. The van der Waals surface area contributed by atoms with Crippen LogP contribution in [0.1, 0.15) is 17.5 Å². The molecule has 3 rings (SSSR count). The second-order valence-electron chi connectivity index (χ2n) is 6.55. The third kappa shape index (κ3) is 5.21. The maximum atomic E-state index is 12.8. The van der Waals surface area contributed by atoms with Crippen LogP contribution in [-0.2, 0) is 30.9 Å². The predicted octanol–water partition coefficient (Wildman–Crippen LogP) is 1.23. The molecule has 1 aromatic heterocycles. The van der Waals surface area contributed by atoms with Crippen molar-refractivity contribution < 1.29 is 22.7 Å².